The van der Waals surface area contributed by atoms with Crippen molar-refractivity contribution in [2.24, 2.45) is 5.41 Å². The van der Waals surface area contributed by atoms with Crippen molar-refractivity contribution in [3.8, 4) is 11.5 Å². The number of rotatable bonds is 8. The highest BCUT2D eigenvalue weighted by atomic mass is 32.1. The van der Waals surface area contributed by atoms with Gasteiger partial charge >= 0.3 is 0 Å². The van der Waals surface area contributed by atoms with E-state index in [4.69, 9.17) is 21.7 Å². The molecule has 2 aromatic rings. The molecule has 0 unspecified atom stereocenters. The van der Waals surface area contributed by atoms with Gasteiger partial charge in [0.25, 0.3) is 5.56 Å². The second kappa shape index (κ2) is 9.78. The Bertz CT molecular complexity index is 1240. The Labute approximate surface area is 205 Å². The molecule has 1 aromatic heterocycles. The third-order valence-electron chi connectivity index (χ3n) is 6.53. The van der Waals surface area contributed by atoms with Gasteiger partial charge in [-0.15, -0.1) is 0 Å². The summed E-state index contributed by atoms with van der Waals surface area (Å²) in [7, 11) is 1.60. The predicted octanol–water partition coefficient (Wildman–Crippen LogP) is 5.60. The molecule has 1 atom stereocenters. The van der Waals surface area contributed by atoms with E-state index in [0.29, 0.717) is 47.9 Å². The smallest absolute Gasteiger partial charge is 0.257 e. The van der Waals surface area contributed by atoms with Crippen molar-refractivity contribution in [3.05, 3.63) is 55.7 Å². The van der Waals surface area contributed by atoms with E-state index in [-0.39, 0.29) is 21.5 Å². The second-order valence-corrected chi connectivity index (χ2v) is 10.3. The Hall–Kier alpha value is -2.87. The zero-order valence-electron chi connectivity index (χ0n) is 20.3. The minimum absolute atomic E-state index is 0.0477. The second-order valence-electron chi connectivity index (χ2n) is 9.91. The lowest BCUT2D eigenvalue weighted by Crippen LogP contribution is -2.36. The quantitative estimate of drug-likeness (QED) is 0.334. The van der Waals surface area contributed by atoms with Gasteiger partial charge in [-0.25, -0.2) is 0 Å². The fraction of sp³-hybridized carbons (Fsp3) is 0.500. The molecule has 0 fully saturated rings. The van der Waals surface area contributed by atoms with Crippen molar-refractivity contribution in [1.82, 2.24) is 9.97 Å². The number of allylic oxidation sites excluding steroid dienone is 2. The lowest BCUT2D eigenvalue weighted by atomic mass is 9.69. The Morgan fingerprint density at radius 1 is 1.09 bits per heavy atom. The van der Waals surface area contributed by atoms with Crippen LogP contribution in [0.25, 0.3) is 0 Å². The molecule has 0 saturated carbocycles. The highest BCUT2D eigenvalue weighted by Gasteiger charge is 2.42. The molecule has 1 aliphatic carbocycles. The molecule has 0 amide bonds. The molecule has 8 heteroatoms. The van der Waals surface area contributed by atoms with E-state index < -0.39 is 5.92 Å². The summed E-state index contributed by atoms with van der Waals surface area (Å²) in [6, 6.07) is 5.66. The van der Waals surface area contributed by atoms with Crippen molar-refractivity contribution >= 4 is 23.8 Å². The maximum atomic E-state index is 13.4. The maximum absolute atomic E-state index is 13.4. The number of aromatic amines is 2. The minimum atomic E-state index is -0.530. The minimum Gasteiger partial charge on any atom is -0.493 e. The van der Waals surface area contributed by atoms with Gasteiger partial charge in [-0.05, 0) is 48.2 Å². The van der Waals surface area contributed by atoms with Crippen LogP contribution in [0, 0.1) is 10.2 Å². The summed E-state index contributed by atoms with van der Waals surface area (Å²) in [5, 5.41) is 3.31. The Morgan fingerprint density at radius 2 is 1.88 bits per heavy atom. The van der Waals surface area contributed by atoms with Gasteiger partial charge in [-0.1, -0.05) is 46.1 Å². The van der Waals surface area contributed by atoms with Crippen LogP contribution in [0.3, 0.4) is 0 Å². The third-order valence-corrected chi connectivity index (χ3v) is 6.73. The Morgan fingerprint density at radius 3 is 2.62 bits per heavy atom. The first-order chi connectivity index (χ1) is 16.2. The molecule has 0 radical (unpaired) electrons. The van der Waals surface area contributed by atoms with Gasteiger partial charge in [0.05, 0.1) is 19.3 Å². The molecule has 182 valence electrons. The molecule has 1 aromatic carbocycles. The summed E-state index contributed by atoms with van der Waals surface area (Å²) in [6.07, 6.45) is 5.60. The summed E-state index contributed by atoms with van der Waals surface area (Å²) >= 11 is 5.21. The van der Waals surface area contributed by atoms with Crippen molar-refractivity contribution in [2.45, 2.75) is 65.2 Å². The molecule has 2 aliphatic rings. The Kier molecular flexibility index (Phi) is 6.98. The number of anilines is 1. The van der Waals surface area contributed by atoms with E-state index in [1.54, 1.807) is 7.11 Å². The number of methoxy groups -OCH3 is 1. The molecular weight excluding hydrogens is 450 g/mol. The fourth-order valence-electron chi connectivity index (χ4n) is 4.97. The number of carbonyl (C=O) groups is 1. The van der Waals surface area contributed by atoms with E-state index in [0.717, 1.165) is 24.1 Å². The number of Topliss-reactive ketones (excluding diaryl/α,β-unsaturated/α-hetero) is 1. The van der Waals surface area contributed by atoms with Crippen LogP contribution in [0.1, 0.15) is 76.3 Å². The molecule has 34 heavy (non-hydrogen) atoms. The maximum Gasteiger partial charge on any atom is 0.257 e. The molecule has 0 saturated heterocycles. The highest BCUT2D eigenvalue weighted by molar-refractivity contribution is 7.71. The van der Waals surface area contributed by atoms with E-state index >= 15 is 0 Å². The first-order valence-electron chi connectivity index (χ1n) is 11.9. The van der Waals surface area contributed by atoms with Crippen LogP contribution in [0.15, 0.2) is 34.3 Å². The topological polar surface area (TPSA) is 96.2 Å². The average molecular weight is 484 g/mol. The monoisotopic (exact) mass is 483 g/mol. The van der Waals surface area contributed by atoms with Gasteiger partial charge in [0, 0.05) is 23.6 Å². The molecular formula is C26H33N3O4S. The van der Waals surface area contributed by atoms with E-state index in [1.807, 2.05) is 18.2 Å². The number of ether oxygens (including phenoxy) is 2. The van der Waals surface area contributed by atoms with Crippen molar-refractivity contribution < 1.29 is 14.3 Å². The van der Waals surface area contributed by atoms with Crippen LogP contribution in [-0.2, 0) is 4.79 Å². The van der Waals surface area contributed by atoms with Crippen LogP contribution in [0.2, 0.25) is 0 Å². The number of ketones is 1. The van der Waals surface area contributed by atoms with Gasteiger partial charge in [0.1, 0.15) is 5.82 Å². The van der Waals surface area contributed by atoms with Crippen LogP contribution in [-0.4, -0.2) is 29.5 Å². The predicted molar refractivity (Wildman–Crippen MR) is 135 cm³/mol. The SMILES string of the molecule is CCCCCCOc1ccc([C@H]2C3=C(CC(C)(C)CC3=O)Nc3[nH]c(=S)[nH]c(=O)c32)cc1OC. The molecule has 0 spiro atoms. The van der Waals surface area contributed by atoms with Crippen LogP contribution < -0.4 is 20.3 Å². The number of aromatic nitrogens is 2. The normalized spacial score (nSPS) is 18.7. The van der Waals surface area contributed by atoms with Gasteiger partial charge in [-0.3, -0.25) is 14.6 Å². The number of hydrogen-bond donors (Lipinski definition) is 3. The van der Waals surface area contributed by atoms with Crippen LogP contribution >= 0.6 is 12.2 Å². The number of hydrogen-bond acceptors (Lipinski definition) is 6. The van der Waals surface area contributed by atoms with Crippen molar-refractivity contribution in [1.29, 1.82) is 0 Å². The first kappa shape index (κ1) is 24.3. The Balaban J connectivity index is 1.77. The number of fused-ring (bicyclic) bond motifs is 1. The number of H-pyrrole nitrogens is 2. The molecule has 4 rings (SSSR count). The fourth-order valence-corrected chi connectivity index (χ4v) is 5.17. The lowest BCUT2D eigenvalue weighted by Gasteiger charge is -2.38. The van der Waals surface area contributed by atoms with Crippen molar-refractivity contribution in [2.75, 3.05) is 19.0 Å². The number of carbonyl (C=O) groups excluding carboxylic acids is 1. The average Bonchev–Trinajstić information content (AvgIpc) is 2.76. The highest BCUT2D eigenvalue weighted by Crippen LogP contribution is 2.48. The number of unbranched alkanes of at least 4 members (excludes halogenated alkanes) is 3. The summed E-state index contributed by atoms with van der Waals surface area (Å²) in [4.78, 5) is 32.2. The molecule has 1 aliphatic heterocycles. The zero-order chi connectivity index (χ0) is 24.5. The van der Waals surface area contributed by atoms with E-state index in [2.05, 4.69) is 36.1 Å². The summed E-state index contributed by atoms with van der Waals surface area (Å²) in [5.41, 5.74) is 2.25. The number of nitrogens with one attached hydrogen (secondary N) is 3. The molecule has 7 nitrogen and oxygen atoms in total. The van der Waals surface area contributed by atoms with E-state index in [1.165, 1.54) is 12.8 Å². The molecule has 0 bridgehead atoms. The molecule has 2 heterocycles. The van der Waals surface area contributed by atoms with E-state index in [9.17, 15) is 9.59 Å². The van der Waals surface area contributed by atoms with Gasteiger partial charge in [-0.2, -0.15) is 0 Å². The summed E-state index contributed by atoms with van der Waals surface area (Å²) in [6.45, 7) is 6.96. The van der Waals surface area contributed by atoms with Crippen molar-refractivity contribution in [3.63, 3.8) is 0 Å². The lowest BCUT2D eigenvalue weighted by molar-refractivity contribution is -0.118. The third kappa shape index (κ3) is 4.82. The standard InChI is InChI=1S/C26H33N3O4S/c1-5-6-7-8-11-33-18-10-9-15(12-19(18)32-4)20-21-16(13-26(2,3)14-17(21)30)27-23-22(20)24(31)29-25(34)28-23/h9-10,12,20H,5-8,11,13-14H2,1-4H3,(H3,27,28,29,31,34)/t20-/m0/s1. The first-order valence-corrected chi connectivity index (χ1v) is 12.4. The summed E-state index contributed by atoms with van der Waals surface area (Å²) < 4.78 is 11.9. The van der Waals surface area contributed by atoms with Gasteiger partial charge < -0.3 is 19.8 Å². The largest absolute Gasteiger partial charge is 0.493 e. The zero-order valence-corrected chi connectivity index (χ0v) is 21.1. The van der Waals surface area contributed by atoms with Crippen LogP contribution in [0.4, 0.5) is 5.82 Å². The number of benzene rings is 1. The molecule has 3 N–H and O–H groups in total. The van der Waals surface area contributed by atoms with Gasteiger partial charge in [0.2, 0.25) is 0 Å². The summed E-state index contributed by atoms with van der Waals surface area (Å²) in [5.74, 6) is 1.30. The van der Waals surface area contributed by atoms with Gasteiger partial charge in [0.15, 0.2) is 22.1 Å². The van der Waals surface area contributed by atoms with Crippen LogP contribution in [0.5, 0.6) is 11.5 Å².